The zero-order chi connectivity index (χ0) is 47.1. The minimum absolute atomic E-state index is 0.0201. The first-order valence-electron chi connectivity index (χ1n) is 24.3. The van der Waals surface area contributed by atoms with E-state index in [4.69, 9.17) is 33.9 Å². The number of aliphatic hydroxyl groups is 1. The van der Waals surface area contributed by atoms with Gasteiger partial charge >= 0.3 is 12.1 Å². The van der Waals surface area contributed by atoms with Crippen LogP contribution in [-0.2, 0) is 9.47 Å². The van der Waals surface area contributed by atoms with Gasteiger partial charge in [-0.3, -0.25) is 9.88 Å². The lowest BCUT2D eigenvalue weighted by atomic mass is 9.96. The van der Waals surface area contributed by atoms with E-state index in [2.05, 4.69) is 62.8 Å². The van der Waals surface area contributed by atoms with E-state index in [0.29, 0.717) is 64.8 Å². The Morgan fingerprint density at radius 3 is 2.26 bits per heavy atom. The minimum Gasteiger partial charge on any atom is -0.468 e. The van der Waals surface area contributed by atoms with Gasteiger partial charge in [-0.1, -0.05) is 59.6 Å². The van der Waals surface area contributed by atoms with Crippen LogP contribution in [0.25, 0.3) is 32.9 Å². The Hall–Kier alpha value is -4.55. The quantitative estimate of drug-likeness (QED) is 0.0739. The van der Waals surface area contributed by atoms with Crippen molar-refractivity contribution in [1.82, 2.24) is 24.8 Å². The lowest BCUT2D eigenvalue weighted by Crippen LogP contribution is -2.57. The molecule has 1 amide bonds. The number of halogens is 1. The van der Waals surface area contributed by atoms with Gasteiger partial charge in [-0.05, 0) is 119 Å². The fourth-order valence-corrected chi connectivity index (χ4v) is 16.5. The van der Waals surface area contributed by atoms with E-state index in [-0.39, 0.29) is 54.2 Å². The largest absolute Gasteiger partial charge is 0.468 e. The number of carbonyl (C=O) groups is 1. The van der Waals surface area contributed by atoms with Crippen molar-refractivity contribution in [3.05, 3.63) is 47.9 Å². The maximum atomic E-state index is 18.0. The maximum Gasteiger partial charge on any atom is 0.410 e. The van der Waals surface area contributed by atoms with Crippen molar-refractivity contribution in [3.63, 3.8) is 0 Å². The number of fused-ring (bicyclic) bond motifs is 4. The number of pyridine rings is 1. The van der Waals surface area contributed by atoms with E-state index >= 15 is 4.39 Å². The van der Waals surface area contributed by atoms with Crippen LogP contribution in [-0.4, -0.2) is 122 Å². The van der Waals surface area contributed by atoms with E-state index < -0.39 is 19.5 Å². The molecule has 3 aliphatic heterocycles. The molecule has 2 bridgehead atoms. The first-order valence-corrected chi connectivity index (χ1v) is 26.5. The molecule has 2 aromatic heterocycles. The van der Waals surface area contributed by atoms with Crippen LogP contribution in [0.3, 0.4) is 0 Å². The van der Waals surface area contributed by atoms with Gasteiger partial charge in [0, 0.05) is 61.5 Å². The Kier molecular flexibility index (Phi) is 13.9. The first-order chi connectivity index (χ1) is 31.5. The van der Waals surface area contributed by atoms with E-state index in [0.717, 1.165) is 74.5 Å². The second-order valence-corrected chi connectivity index (χ2v) is 27.0. The van der Waals surface area contributed by atoms with Crippen LogP contribution in [0.5, 0.6) is 11.8 Å². The van der Waals surface area contributed by atoms with Crippen molar-refractivity contribution >= 4 is 41.7 Å². The van der Waals surface area contributed by atoms with Crippen molar-refractivity contribution in [1.29, 1.82) is 0 Å². The summed E-state index contributed by atoms with van der Waals surface area (Å²) in [6.07, 6.45) is 7.07. The van der Waals surface area contributed by atoms with E-state index in [1.165, 1.54) is 0 Å². The highest BCUT2D eigenvalue weighted by Gasteiger charge is 2.47. The Morgan fingerprint density at radius 2 is 1.65 bits per heavy atom. The van der Waals surface area contributed by atoms with Crippen LogP contribution in [0.1, 0.15) is 106 Å². The minimum atomic E-state index is -2.13. The van der Waals surface area contributed by atoms with Crippen LogP contribution in [0.15, 0.2) is 36.5 Å². The molecule has 3 saturated heterocycles. The van der Waals surface area contributed by atoms with E-state index in [1.807, 2.05) is 56.0 Å². The van der Waals surface area contributed by atoms with Gasteiger partial charge < -0.3 is 33.9 Å². The van der Waals surface area contributed by atoms with Gasteiger partial charge in [0.1, 0.15) is 36.5 Å². The predicted molar refractivity (Wildman–Crippen MR) is 261 cm³/mol. The molecule has 8 rings (SSSR count). The average molecular weight is 923 g/mol. The van der Waals surface area contributed by atoms with Crippen LogP contribution < -0.4 is 14.4 Å². The zero-order valence-corrected chi connectivity index (χ0v) is 41.9. The van der Waals surface area contributed by atoms with Crippen LogP contribution in [0.2, 0.25) is 16.6 Å². The molecule has 5 heterocycles. The van der Waals surface area contributed by atoms with Crippen LogP contribution >= 0.6 is 0 Å². The molecule has 0 spiro atoms. The molecular formula is C52H71FN6O6Si. The molecule has 1 saturated carbocycles. The number of anilines is 1. The molecule has 14 heteroatoms. The second-order valence-electron chi connectivity index (χ2n) is 21.5. The molecule has 66 heavy (non-hydrogen) atoms. The zero-order valence-electron chi connectivity index (χ0n) is 40.9. The number of amides is 1. The number of hydrogen-bond donors (Lipinski definition) is 1. The summed E-state index contributed by atoms with van der Waals surface area (Å²) in [7, 11) is -0.559. The lowest BCUT2D eigenvalue weighted by Gasteiger charge is -2.42. The Labute approximate surface area is 391 Å². The molecule has 2 aromatic carbocycles. The summed E-state index contributed by atoms with van der Waals surface area (Å²) in [6, 6.07) is 9.71. The second kappa shape index (κ2) is 19.2. The smallest absolute Gasteiger partial charge is 0.410 e. The third kappa shape index (κ3) is 9.73. The molecule has 12 nitrogen and oxygen atoms in total. The van der Waals surface area contributed by atoms with Gasteiger partial charge in [-0.2, -0.15) is 9.97 Å². The van der Waals surface area contributed by atoms with Crippen molar-refractivity contribution in [3.8, 4) is 34.5 Å². The maximum absolute atomic E-state index is 18.0. The van der Waals surface area contributed by atoms with Crippen molar-refractivity contribution in [2.75, 3.05) is 64.7 Å². The lowest BCUT2D eigenvalue weighted by molar-refractivity contribution is 0.0122. The normalized spacial score (nSPS) is 20.1. The van der Waals surface area contributed by atoms with Gasteiger partial charge in [0.2, 0.25) is 0 Å². The van der Waals surface area contributed by atoms with Crippen LogP contribution in [0, 0.1) is 28.6 Å². The van der Waals surface area contributed by atoms with Crippen LogP contribution in [0.4, 0.5) is 15.0 Å². The van der Waals surface area contributed by atoms with Gasteiger partial charge in [0.05, 0.1) is 24.1 Å². The topological polar surface area (TPSA) is 123 Å². The Bertz CT molecular complexity index is 2440. The highest BCUT2D eigenvalue weighted by Crippen LogP contribution is 2.48. The van der Waals surface area contributed by atoms with Gasteiger partial charge in [0.25, 0.3) is 0 Å². The monoisotopic (exact) mass is 923 g/mol. The molecule has 4 aromatic rings. The molecular weight excluding hydrogens is 852 g/mol. The number of methoxy groups -OCH3 is 1. The summed E-state index contributed by atoms with van der Waals surface area (Å²) in [5.74, 6) is 4.49. The number of piperidine rings is 1. The number of piperazine rings is 1. The van der Waals surface area contributed by atoms with Crippen molar-refractivity contribution in [2.24, 2.45) is 11.3 Å². The molecule has 356 valence electrons. The molecule has 4 fully saturated rings. The van der Waals surface area contributed by atoms with Crippen molar-refractivity contribution < 1.29 is 33.2 Å². The standard InChI is InChI=1S/C52H71FN6O6Si/c1-33(2)66(34(3)4,35(5)6)23-18-37-12-11-13-38-24-41(64-32-62-10)25-42(44(37)38)46-45(53)47-43(26-54-46)48(58-27-39-14-15-40(28-58)59(39)50(61)65-51(7,8)9)56-49(55-47)63-31-52(19-20-52)30-57-21-16-36(29-60)17-22-57/h11-13,24-26,33-36,39-40,60H,14-17,19-22,27-32H2,1-10H3. The number of hydrogen-bond acceptors (Lipinski definition) is 11. The Balaban J connectivity index is 1.23. The number of rotatable bonds is 14. The number of ether oxygens (including phenoxy) is 4. The molecule has 1 N–H and O–H groups in total. The molecule has 0 radical (unpaired) electrons. The predicted octanol–water partition coefficient (Wildman–Crippen LogP) is 9.99. The summed E-state index contributed by atoms with van der Waals surface area (Å²) < 4.78 is 41.7. The number of likely N-dealkylation sites (tertiary alicyclic amines) is 1. The Morgan fingerprint density at radius 1 is 0.970 bits per heavy atom. The number of aromatic nitrogens is 3. The molecule has 4 aliphatic rings. The van der Waals surface area contributed by atoms with E-state index in [1.54, 1.807) is 13.3 Å². The highest BCUT2D eigenvalue weighted by molar-refractivity contribution is 6.90. The average Bonchev–Trinajstić information content (AvgIpc) is 3.98. The van der Waals surface area contributed by atoms with Crippen molar-refractivity contribution in [2.45, 2.75) is 135 Å². The van der Waals surface area contributed by atoms with Gasteiger partial charge in [-0.25, -0.2) is 9.18 Å². The number of carbonyl (C=O) groups excluding carboxylic acids is 1. The summed E-state index contributed by atoms with van der Waals surface area (Å²) in [5, 5.41) is 11.8. The number of aliphatic hydroxyl groups excluding tert-OH is 1. The summed E-state index contributed by atoms with van der Waals surface area (Å²) in [4.78, 5) is 34.9. The summed E-state index contributed by atoms with van der Waals surface area (Å²) >= 11 is 0. The fraction of sp³-hybridized carbons (Fsp3) is 0.615. The highest BCUT2D eigenvalue weighted by atomic mass is 28.3. The van der Waals surface area contributed by atoms with E-state index in [9.17, 15) is 9.90 Å². The molecule has 1 aliphatic carbocycles. The SMILES string of the molecule is COCOc1cc(-c2ncc3c(N4CC5CCC(C4)N5C(=O)OC(C)(C)C)nc(OCC4(CN5CCC(CO)CC5)CC4)nc3c2F)c2c(C#C[Si](C(C)C)(C(C)C)C(C)C)cccc2c1. The number of benzene rings is 2. The first kappa shape index (κ1) is 47.9. The fourth-order valence-electron chi connectivity index (χ4n) is 11.3. The third-order valence-corrected chi connectivity index (χ3v) is 21.1. The number of nitrogens with zero attached hydrogens (tertiary/aromatic N) is 6. The molecule has 2 atom stereocenters. The van der Waals surface area contributed by atoms with Gasteiger partial charge in [0.15, 0.2) is 12.6 Å². The third-order valence-electron chi connectivity index (χ3n) is 14.8. The summed E-state index contributed by atoms with van der Waals surface area (Å²) in [5.41, 5.74) is 6.14. The molecule has 2 unspecified atom stereocenters. The summed E-state index contributed by atoms with van der Waals surface area (Å²) in [6.45, 7) is 23.9. The van der Waals surface area contributed by atoms with Gasteiger partial charge in [-0.15, -0.1) is 5.54 Å².